The van der Waals surface area contributed by atoms with Gasteiger partial charge in [0.15, 0.2) is 0 Å². The van der Waals surface area contributed by atoms with Gasteiger partial charge in [0.05, 0.1) is 28.1 Å². The van der Waals surface area contributed by atoms with Gasteiger partial charge in [0.1, 0.15) is 35.6 Å². The minimum Gasteiger partial charge on any atom is -0.457 e. The molecule has 0 saturated heterocycles. The van der Waals surface area contributed by atoms with Gasteiger partial charge in [-0.1, -0.05) is 114 Å². The number of fused-ring (bicyclic) bond motifs is 4. The smallest absolute Gasteiger partial charge is 0.137 e. The Labute approximate surface area is 415 Å². The Morgan fingerprint density at radius 3 is 1.72 bits per heavy atom. The number of pyridine rings is 1. The van der Waals surface area contributed by atoms with Crippen molar-refractivity contribution in [3.63, 3.8) is 0 Å². The van der Waals surface area contributed by atoms with E-state index >= 15 is 0 Å². The summed E-state index contributed by atoms with van der Waals surface area (Å²) in [5, 5.41) is 2.26. The van der Waals surface area contributed by atoms with Crippen molar-refractivity contribution in [3.8, 4) is 50.7 Å². The molecule has 0 unspecified atom stereocenters. The van der Waals surface area contributed by atoms with Gasteiger partial charge in [-0.2, -0.15) is 0 Å². The van der Waals surface area contributed by atoms with Crippen LogP contribution in [0.2, 0.25) is 0 Å². The van der Waals surface area contributed by atoms with Gasteiger partial charge in [-0.3, -0.25) is 4.57 Å². The van der Waals surface area contributed by atoms with Crippen molar-refractivity contribution >= 4 is 44.6 Å². The lowest BCUT2D eigenvalue weighted by Crippen LogP contribution is -2.25. The number of rotatable bonds is 8. The van der Waals surface area contributed by atoms with Crippen molar-refractivity contribution in [1.29, 1.82) is 0 Å². The standard InChI is InChI=1S/C64H56F2N4O/c1-40-14-13-15-41(2)61(40)44-32-49(37-51(33-44)71-50-28-29-53-52-16-9-10-17-56(52)70(59(53)38-50)60-36-45(30-31-67-60)63(3,4)5)68-39-69(58-19-12-11-18-57(58)68)62-54(42-20-24-47(65)25-21-42)34-46(64(6,7)8)35-55(62)43-22-26-48(66)27-23-43/h9-38H,39H2,1-8H3. The van der Waals surface area contributed by atoms with Gasteiger partial charge in [0.25, 0.3) is 0 Å². The Balaban J connectivity index is 1.08. The second-order valence-electron chi connectivity index (χ2n) is 20.9. The Bertz CT molecular complexity index is 3590. The number of nitrogens with zero attached hydrogens (tertiary/aromatic N) is 4. The van der Waals surface area contributed by atoms with Crippen molar-refractivity contribution in [1.82, 2.24) is 9.55 Å². The summed E-state index contributed by atoms with van der Waals surface area (Å²) in [6.07, 6.45) is 1.91. The molecule has 10 aromatic rings. The molecule has 11 rings (SSSR count). The van der Waals surface area contributed by atoms with Crippen LogP contribution in [0.4, 0.5) is 31.5 Å². The first kappa shape index (κ1) is 45.4. The summed E-state index contributed by atoms with van der Waals surface area (Å²) in [5.41, 5.74) is 16.2. The summed E-state index contributed by atoms with van der Waals surface area (Å²) < 4.78 is 38.6. The van der Waals surface area contributed by atoms with Crippen LogP contribution >= 0.6 is 0 Å². The van der Waals surface area contributed by atoms with E-state index in [1.54, 1.807) is 0 Å². The molecule has 0 fully saturated rings. The molecule has 0 amide bonds. The third kappa shape index (κ3) is 8.39. The SMILES string of the molecule is Cc1cccc(C)c1-c1cc(Oc2ccc3c4ccccc4n(-c4cc(C(C)(C)C)ccn4)c3c2)cc(N2CN(c3c(-c4ccc(F)cc4)cc(C(C)(C)C)cc3-c3ccc(F)cc3)c3ccccc32)c1. The van der Waals surface area contributed by atoms with Crippen LogP contribution in [0.5, 0.6) is 11.5 Å². The van der Waals surface area contributed by atoms with Gasteiger partial charge in [-0.25, -0.2) is 13.8 Å². The molecular weight excluding hydrogens is 879 g/mol. The molecule has 0 bridgehead atoms. The highest BCUT2D eigenvalue weighted by Crippen LogP contribution is 2.52. The quantitative estimate of drug-likeness (QED) is 0.152. The van der Waals surface area contributed by atoms with Crippen LogP contribution in [0.3, 0.4) is 0 Å². The zero-order chi connectivity index (χ0) is 49.3. The second-order valence-corrected chi connectivity index (χ2v) is 20.9. The highest BCUT2D eigenvalue weighted by atomic mass is 19.1. The van der Waals surface area contributed by atoms with Crippen molar-refractivity contribution in [3.05, 3.63) is 216 Å². The van der Waals surface area contributed by atoms with E-state index in [0.29, 0.717) is 18.2 Å². The first-order valence-electron chi connectivity index (χ1n) is 24.3. The predicted octanol–water partition coefficient (Wildman–Crippen LogP) is 17.7. The van der Waals surface area contributed by atoms with Gasteiger partial charge in [0.2, 0.25) is 0 Å². The van der Waals surface area contributed by atoms with Gasteiger partial charge in [-0.05, 0) is 160 Å². The van der Waals surface area contributed by atoms with Crippen LogP contribution in [-0.4, -0.2) is 16.2 Å². The van der Waals surface area contributed by atoms with Crippen molar-refractivity contribution < 1.29 is 13.5 Å². The number of hydrogen-bond acceptors (Lipinski definition) is 4. The molecule has 5 nitrogen and oxygen atoms in total. The summed E-state index contributed by atoms with van der Waals surface area (Å²) in [5.74, 6) is 1.65. The Morgan fingerprint density at radius 2 is 1.08 bits per heavy atom. The molecular formula is C64H56F2N4O. The third-order valence-electron chi connectivity index (χ3n) is 14.0. The number of para-hydroxylation sites is 3. The summed E-state index contributed by atoms with van der Waals surface area (Å²) in [6, 6.07) is 58.5. The predicted molar refractivity (Wildman–Crippen MR) is 290 cm³/mol. The molecule has 0 saturated carbocycles. The molecule has 352 valence electrons. The van der Waals surface area contributed by atoms with E-state index in [-0.39, 0.29) is 22.5 Å². The molecule has 1 aliphatic heterocycles. The average molecular weight is 935 g/mol. The van der Waals surface area contributed by atoms with Crippen molar-refractivity contribution in [2.45, 2.75) is 66.2 Å². The highest BCUT2D eigenvalue weighted by molar-refractivity contribution is 6.09. The Morgan fingerprint density at radius 1 is 0.493 bits per heavy atom. The number of benzene rings is 8. The first-order valence-corrected chi connectivity index (χ1v) is 24.3. The topological polar surface area (TPSA) is 33.5 Å². The van der Waals surface area contributed by atoms with E-state index in [1.165, 1.54) is 41.0 Å². The largest absolute Gasteiger partial charge is 0.457 e. The molecule has 7 heteroatoms. The summed E-state index contributed by atoms with van der Waals surface area (Å²) >= 11 is 0. The van der Waals surface area contributed by atoms with Gasteiger partial charge >= 0.3 is 0 Å². The minimum absolute atomic E-state index is 0.0531. The van der Waals surface area contributed by atoms with Crippen LogP contribution in [0.25, 0.3) is 61.0 Å². The monoisotopic (exact) mass is 934 g/mol. The maximum Gasteiger partial charge on any atom is 0.137 e. The summed E-state index contributed by atoms with van der Waals surface area (Å²) in [6.45, 7) is 18.0. The Kier molecular flexibility index (Phi) is 11.1. The van der Waals surface area contributed by atoms with Crippen LogP contribution < -0.4 is 14.5 Å². The maximum atomic E-state index is 14.6. The molecule has 0 N–H and O–H groups in total. The molecule has 0 spiro atoms. The fourth-order valence-electron chi connectivity index (χ4n) is 10.3. The lowest BCUT2D eigenvalue weighted by atomic mass is 9.82. The molecule has 71 heavy (non-hydrogen) atoms. The van der Waals surface area contributed by atoms with E-state index in [2.05, 4.69) is 197 Å². The third-order valence-corrected chi connectivity index (χ3v) is 14.0. The van der Waals surface area contributed by atoms with E-state index in [9.17, 15) is 8.78 Å². The lowest BCUT2D eigenvalue weighted by Gasteiger charge is -2.30. The maximum absolute atomic E-state index is 14.6. The zero-order valence-electron chi connectivity index (χ0n) is 41.5. The van der Waals surface area contributed by atoms with Gasteiger partial charge in [0, 0.05) is 45.9 Å². The normalized spacial score (nSPS) is 12.8. The molecule has 0 radical (unpaired) electrons. The van der Waals surface area contributed by atoms with E-state index in [4.69, 9.17) is 9.72 Å². The van der Waals surface area contributed by atoms with Crippen LogP contribution in [0.15, 0.2) is 182 Å². The van der Waals surface area contributed by atoms with Crippen molar-refractivity contribution in [2.24, 2.45) is 0 Å². The molecule has 3 heterocycles. The zero-order valence-corrected chi connectivity index (χ0v) is 41.5. The fraction of sp³-hybridized carbons (Fsp3) is 0.172. The van der Waals surface area contributed by atoms with Gasteiger partial charge in [-0.15, -0.1) is 0 Å². The number of ether oxygens (including phenoxy) is 1. The first-order chi connectivity index (χ1) is 34.1. The fourth-order valence-corrected chi connectivity index (χ4v) is 10.3. The van der Waals surface area contributed by atoms with E-state index in [1.807, 2.05) is 30.5 Å². The molecule has 0 atom stereocenters. The van der Waals surface area contributed by atoms with E-state index in [0.717, 1.165) is 89.3 Å². The molecule has 2 aromatic heterocycles. The molecule has 1 aliphatic rings. The van der Waals surface area contributed by atoms with Crippen LogP contribution in [0, 0.1) is 25.5 Å². The summed E-state index contributed by atoms with van der Waals surface area (Å²) in [4.78, 5) is 9.61. The number of halogens is 2. The van der Waals surface area contributed by atoms with E-state index < -0.39 is 0 Å². The van der Waals surface area contributed by atoms with Crippen molar-refractivity contribution in [2.75, 3.05) is 16.5 Å². The highest BCUT2D eigenvalue weighted by Gasteiger charge is 2.33. The number of aryl methyl sites for hydroxylation is 2. The Hall–Kier alpha value is -8.03. The van der Waals surface area contributed by atoms with Crippen LogP contribution in [-0.2, 0) is 10.8 Å². The number of aromatic nitrogens is 2. The van der Waals surface area contributed by atoms with Gasteiger partial charge < -0.3 is 14.5 Å². The number of hydrogen-bond donors (Lipinski definition) is 0. The molecule has 0 aliphatic carbocycles. The lowest BCUT2D eigenvalue weighted by molar-refractivity contribution is 0.483. The number of anilines is 4. The average Bonchev–Trinajstić information content (AvgIpc) is 3.89. The summed E-state index contributed by atoms with van der Waals surface area (Å²) in [7, 11) is 0. The van der Waals surface area contributed by atoms with Crippen LogP contribution in [0.1, 0.15) is 63.8 Å². The minimum atomic E-state index is -0.300. The molecule has 8 aromatic carbocycles. The second kappa shape index (κ2) is 17.4.